The Labute approximate surface area is 83.8 Å². The fourth-order valence-electron chi connectivity index (χ4n) is 1.13. The smallest absolute Gasteiger partial charge is 0.130 e. The fraction of sp³-hybridized carbons (Fsp3) is 0.556. The Morgan fingerprint density at radius 3 is 2.77 bits per heavy atom. The summed E-state index contributed by atoms with van der Waals surface area (Å²) < 4.78 is 0.674. The molecule has 3 nitrogen and oxygen atoms in total. The maximum atomic E-state index is 5.06. The molecule has 1 rings (SSSR count). The van der Waals surface area contributed by atoms with Crippen LogP contribution in [-0.4, -0.2) is 29.0 Å². The Hall–Kier alpha value is -0.740. The summed E-state index contributed by atoms with van der Waals surface area (Å²) in [6.07, 6.45) is 0.965. The van der Waals surface area contributed by atoms with Crippen LogP contribution in [0.1, 0.15) is 18.4 Å². The summed E-state index contributed by atoms with van der Waals surface area (Å²) in [5, 5.41) is 0. The lowest BCUT2D eigenvalue weighted by molar-refractivity contribution is 0.389. The SMILES string of the molecule is CCc1cc(=S)nc(CN(C)C)[nH]1. The first-order valence-electron chi connectivity index (χ1n) is 4.35. The molecule has 0 spiro atoms. The van der Waals surface area contributed by atoms with Crippen molar-refractivity contribution in [1.82, 2.24) is 14.9 Å². The summed E-state index contributed by atoms with van der Waals surface area (Å²) in [5.41, 5.74) is 1.15. The number of H-pyrrole nitrogens is 1. The second kappa shape index (κ2) is 4.48. The third-order valence-corrected chi connectivity index (χ3v) is 1.90. The van der Waals surface area contributed by atoms with Gasteiger partial charge >= 0.3 is 0 Å². The minimum atomic E-state index is 0.674. The highest BCUT2D eigenvalue weighted by molar-refractivity contribution is 7.71. The Kier molecular flexibility index (Phi) is 3.57. The molecule has 1 N–H and O–H groups in total. The van der Waals surface area contributed by atoms with Crippen LogP contribution in [0.4, 0.5) is 0 Å². The predicted molar refractivity (Wildman–Crippen MR) is 56.2 cm³/mol. The van der Waals surface area contributed by atoms with E-state index in [1.54, 1.807) is 0 Å². The van der Waals surface area contributed by atoms with Crippen molar-refractivity contribution in [2.75, 3.05) is 14.1 Å². The molecule has 72 valence electrons. The van der Waals surface area contributed by atoms with Gasteiger partial charge in [0.05, 0.1) is 6.54 Å². The molecular weight excluding hydrogens is 182 g/mol. The summed E-state index contributed by atoms with van der Waals surface area (Å²) in [6.45, 7) is 2.90. The van der Waals surface area contributed by atoms with E-state index in [2.05, 4.69) is 21.8 Å². The van der Waals surface area contributed by atoms with Crippen LogP contribution in [0.25, 0.3) is 0 Å². The lowest BCUT2D eigenvalue weighted by Gasteiger charge is -2.09. The molecule has 1 aromatic rings. The van der Waals surface area contributed by atoms with Gasteiger partial charge in [0.15, 0.2) is 0 Å². The molecule has 0 bridgehead atoms. The van der Waals surface area contributed by atoms with Gasteiger partial charge in [-0.25, -0.2) is 4.98 Å². The first-order chi connectivity index (χ1) is 6.11. The van der Waals surface area contributed by atoms with Crippen molar-refractivity contribution >= 4 is 12.2 Å². The molecule has 0 atom stereocenters. The Morgan fingerprint density at radius 1 is 1.54 bits per heavy atom. The van der Waals surface area contributed by atoms with E-state index < -0.39 is 0 Å². The summed E-state index contributed by atoms with van der Waals surface area (Å²) in [5.74, 6) is 0.939. The molecule has 0 aliphatic rings. The van der Waals surface area contributed by atoms with E-state index in [9.17, 15) is 0 Å². The quantitative estimate of drug-likeness (QED) is 0.749. The second-order valence-corrected chi connectivity index (χ2v) is 3.70. The first-order valence-corrected chi connectivity index (χ1v) is 4.76. The zero-order valence-electron chi connectivity index (χ0n) is 8.29. The van der Waals surface area contributed by atoms with E-state index in [4.69, 9.17) is 12.2 Å². The number of hydrogen-bond donors (Lipinski definition) is 1. The van der Waals surface area contributed by atoms with E-state index in [1.165, 1.54) is 0 Å². The van der Waals surface area contributed by atoms with Gasteiger partial charge in [0, 0.05) is 5.69 Å². The van der Waals surface area contributed by atoms with Gasteiger partial charge in [-0.15, -0.1) is 0 Å². The molecule has 0 radical (unpaired) electrons. The van der Waals surface area contributed by atoms with Crippen LogP contribution >= 0.6 is 12.2 Å². The van der Waals surface area contributed by atoms with Crippen LogP contribution in [0.5, 0.6) is 0 Å². The molecule has 0 amide bonds. The van der Waals surface area contributed by atoms with Crippen LogP contribution in [0, 0.1) is 4.64 Å². The summed E-state index contributed by atoms with van der Waals surface area (Å²) >= 11 is 5.06. The van der Waals surface area contributed by atoms with Crippen LogP contribution in [-0.2, 0) is 13.0 Å². The fourth-order valence-corrected chi connectivity index (χ4v) is 1.38. The lowest BCUT2D eigenvalue weighted by atomic mass is 10.3. The predicted octanol–water partition coefficient (Wildman–Crippen LogP) is 1.76. The van der Waals surface area contributed by atoms with Crippen molar-refractivity contribution in [2.45, 2.75) is 19.9 Å². The number of hydrogen-bond acceptors (Lipinski definition) is 3. The van der Waals surface area contributed by atoms with Gasteiger partial charge in [-0.05, 0) is 26.6 Å². The van der Waals surface area contributed by atoms with Crippen molar-refractivity contribution in [3.05, 3.63) is 22.2 Å². The minimum Gasteiger partial charge on any atom is -0.346 e. The highest BCUT2D eigenvalue weighted by Gasteiger charge is 1.98. The molecule has 0 saturated carbocycles. The number of aromatic nitrogens is 2. The number of nitrogens with one attached hydrogen (secondary N) is 1. The minimum absolute atomic E-state index is 0.674. The van der Waals surface area contributed by atoms with Crippen molar-refractivity contribution in [1.29, 1.82) is 0 Å². The highest BCUT2D eigenvalue weighted by Crippen LogP contribution is 2.00. The molecule has 0 saturated heterocycles. The summed E-state index contributed by atoms with van der Waals surface area (Å²) in [7, 11) is 4.02. The molecule has 1 aromatic heterocycles. The molecule has 0 aromatic carbocycles. The maximum absolute atomic E-state index is 5.06. The van der Waals surface area contributed by atoms with Crippen molar-refractivity contribution < 1.29 is 0 Å². The van der Waals surface area contributed by atoms with E-state index in [0.29, 0.717) is 4.64 Å². The third kappa shape index (κ3) is 3.24. The van der Waals surface area contributed by atoms with Crippen LogP contribution in [0.15, 0.2) is 6.07 Å². The van der Waals surface area contributed by atoms with E-state index in [1.807, 2.05) is 20.2 Å². The van der Waals surface area contributed by atoms with Crippen LogP contribution < -0.4 is 0 Å². The Bertz CT molecular complexity index is 330. The van der Waals surface area contributed by atoms with Crippen molar-refractivity contribution in [3.63, 3.8) is 0 Å². The lowest BCUT2D eigenvalue weighted by Crippen LogP contribution is -2.14. The number of aryl methyl sites for hydroxylation is 1. The Balaban J connectivity index is 2.95. The van der Waals surface area contributed by atoms with Gasteiger partial charge in [0.25, 0.3) is 0 Å². The second-order valence-electron chi connectivity index (χ2n) is 3.28. The van der Waals surface area contributed by atoms with Crippen LogP contribution in [0.3, 0.4) is 0 Å². The van der Waals surface area contributed by atoms with E-state index >= 15 is 0 Å². The standard InChI is InChI=1S/C9H15N3S/c1-4-7-5-9(13)11-8(10-7)6-12(2)3/h5H,4,6H2,1-3H3,(H,10,11,13). The number of nitrogens with zero attached hydrogens (tertiary/aromatic N) is 2. The monoisotopic (exact) mass is 197 g/mol. The normalized spacial score (nSPS) is 10.8. The zero-order chi connectivity index (χ0) is 9.84. The van der Waals surface area contributed by atoms with Gasteiger partial charge < -0.3 is 9.88 Å². The van der Waals surface area contributed by atoms with Gasteiger partial charge in [0.2, 0.25) is 0 Å². The van der Waals surface area contributed by atoms with E-state index in [0.717, 1.165) is 24.5 Å². The third-order valence-electron chi connectivity index (χ3n) is 1.69. The molecule has 0 aliphatic carbocycles. The topological polar surface area (TPSA) is 31.9 Å². The Morgan fingerprint density at radius 2 is 2.23 bits per heavy atom. The summed E-state index contributed by atoms with van der Waals surface area (Å²) in [4.78, 5) is 9.55. The number of aromatic amines is 1. The van der Waals surface area contributed by atoms with E-state index in [-0.39, 0.29) is 0 Å². The van der Waals surface area contributed by atoms with Gasteiger partial charge in [-0.3, -0.25) is 0 Å². The molecule has 4 heteroatoms. The maximum Gasteiger partial charge on any atom is 0.130 e. The van der Waals surface area contributed by atoms with Gasteiger partial charge in [-0.1, -0.05) is 19.1 Å². The van der Waals surface area contributed by atoms with Crippen molar-refractivity contribution in [2.24, 2.45) is 0 Å². The zero-order valence-corrected chi connectivity index (χ0v) is 9.11. The van der Waals surface area contributed by atoms with Crippen LogP contribution in [0.2, 0.25) is 0 Å². The molecule has 0 fully saturated rings. The largest absolute Gasteiger partial charge is 0.346 e. The molecule has 13 heavy (non-hydrogen) atoms. The van der Waals surface area contributed by atoms with Crippen molar-refractivity contribution in [3.8, 4) is 0 Å². The molecule has 0 aliphatic heterocycles. The molecular formula is C9H15N3S. The van der Waals surface area contributed by atoms with Gasteiger partial charge in [-0.2, -0.15) is 0 Å². The first kappa shape index (κ1) is 10.3. The molecule has 0 unspecified atom stereocenters. The highest BCUT2D eigenvalue weighted by atomic mass is 32.1. The number of rotatable bonds is 3. The van der Waals surface area contributed by atoms with Gasteiger partial charge in [0.1, 0.15) is 10.5 Å². The average molecular weight is 197 g/mol. The molecule has 1 heterocycles. The average Bonchev–Trinajstić information content (AvgIpc) is 2.01. The summed E-state index contributed by atoms with van der Waals surface area (Å²) in [6, 6.07) is 1.91.